The van der Waals surface area contributed by atoms with Crippen molar-refractivity contribution in [2.24, 2.45) is 0 Å². The van der Waals surface area contributed by atoms with Crippen molar-refractivity contribution >= 4 is 0 Å². The van der Waals surface area contributed by atoms with Crippen LogP contribution >= 0.6 is 0 Å². The fraction of sp³-hybridized carbons (Fsp3) is 0.308. The highest BCUT2D eigenvalue weighted by atomic mass is 19.1. The van der Waals surface area contributed by atoms with Gasteiger partial charge in [-0.25, -0.2) is 13.5 Å². The van der Waals surface area contributed by atoms with Gasteiger partial charge in [-0.2, -0.15) is 5.10 Å². The molecule has 0 aliphatic heterocycles. The molecule has 0 atom stereocenters. The van der Waals surface area contributed by atoms with E-state index in [1.807, 2.05) is 19.9 Å². The molecule has 0 fully saturated rings. The monoisotopic (exact) mass is 236 g/mol. The minimum absolute atomic E-state index is 0.294. The van der Waals surface area contributed by atoms with Crippen molar-refractivity contribution in [1.82, 2.24) is 9.78 Å². The molecule has 2 rings (SSSR count). The van der Waals surface area contributed by atoms with Crippen LogP contribution in [-0.2, 0) is 12.8 Å². The van der Waals surface area contributed by atoms with E-state index in [0.29, 0.717) is 5.69 Å². The van der Waals surface area contributed by atoms with Crippen LogP contribution in [0.15, 0.2) is 24.3 Å². The van der Waals surface area contributed by atoms with Crippen molar-refractivity contribution in [3.63, 3.8) is 0 Å². The number of halogens is 2. The van der Waals surface area contributed by atoms with E-state index in [0.717, 1.165) is 30.3 Å². The summed E-state index contributed by atoms with van der Waals surface area (Å²) in [7, 11) is 0. The second-order valence-corrected chi connectivity index (χ2v) is 3.84. The predicted octanol–water partition coefficient (Wildman–Crippen LogP) is 3.28. The molecule has 0 unspecified atom stereocenters. The van der Waals surface area contributed by atoms with Gasteiger partial charge in [0.15, 0.2) is 5.82 Å². The lowest BCUT2D eigenvalue weighted by Crippen LogP contribution is -2.04. The zero-order chi connectivity index (χ0) is 12.4. The van der Waals surface area contributed by atoms with Gasteiger partial charge in [0.1, 0.15) is 11.5 Å². The van der Waals surface area contributed by atoms with Gasteiger partial charge in [-0.05, 0) is 31.0 Å². The summed E-state index contributed by atoms with van der Waals surface area (Å²) >= 11 is 0. The molecular weight excluding hydrogens is 222 g/mol. The van der Waals surface area contributed by atoms with Gasteiger partial charge < -0.3 is 0 Å². The van der Waals surface area contributed by atoms with Crippen molar-refractivity contribution in [2.45, 2.75) is 26.7 Å². The Hall–Kier alpha value is -1.71. The number of benzene rings is 1. The molecule has 0 radical (unpaired) electrons. The smallest absolute Gasteiger partial charge is 0.151 e. The summed E-state index contributed by atoms with van der Waals surface area (Å²) in [6.07, 6.45) is 1.55. The van der Waals surface area contributed by atoms with Gasteiger partial charge in [-0.3, -0.25) is 0 Å². The molecule has 1 aromatic heterocycles. The molecule has 17 heavy (non-hydrogen) atoms. The maximum atomic E-state index is 13.7. The van der Waals surface area contributed by atoms with Crippen LogP contribution < -0.4 is 0 Å². The first kappa shape index (κ1) is 11.8. The van der Waals surface area contributed by atoms with Crippen LogP contribution in [0.1, 0.15) is 25.2 Å². The quantitative estimate of drug-likeness (QED) is 0.799. The molecule has 0 aliphatic rings. The van der Waals surface area contributed by atoms with Crippen molar-refractivity contribution in [3.05, 3.63) is 47.3 Å². The molecule has 2 aromatic rings. The summed E-state index contributed by atoms with van der Waals surface area (Å²) in [6, 6.07) is 5.48. The van der Waals surface area contributed by atoms with Gasteiger partial charge in [0.05, 0.1) is 5.69 Å². The van der Waals surface area contributed by atoms with Crippen LogP contribution in [0.3, 0.4) is 0 Å². The minimum atomic E-state index is -0.592. The Bertz CT molecular complexity index is 532. The van der Waals surface area contributed by atoms with Crippen LogP contribution in [0.5, 0.6) is 0 Å². The van der Waals surface area contributed by atoms with Gasteiger partial charge in [-0.1, -0.05) is 13.8 Å². The first-order valence-corrected chi connectivity index (χ1v) is 5.69. The molecule has 2 nitrogen and oxygen atoms in total. The molecule has 90 valence electrons. The molecule has 0 amide bonds. The highest BCUT2D eigenvalue weighted by molar-refractivity contribution is 5.35. The van der Waals surface area contributed by atoms with Crippen molar-refractivity contribution in [1.29, 1.82) is 0 Å². The van der Waals surface area contributed by atoms with Gasteiger partial charge in [-0.15, -0.1) is 0 Å². The molecule has 0 saturated heterocycles. The van der Waals surface area contributed by atoms with Gasteiger partial charge in [0.25, 0.3) is 0 Å². The standard InChI is InChI=1S/C13H14F2N2/c1-3-10-8-11(4-2)17(16-10)13-6-5-9(14)7-12(13)15/h5-8H,3-4H2,1-2H3. The molecule has 4 heteroatoms. The predicted molar refractivity (Wildman–Crippen MR) is 62.2 cm³/mol. The Morgan fingerprint density at radius 2 is 1.88 bits per heavy atom. The van der Waals surface area contributed by atoms with E-state index in [4.69, 9.17) is 0 Å². The first-order valence-electron chi connectivity index (χ1n) is 5.69. The molecule has 0 spiro atoms. The molecule has 0 bridgehead atoms. The molecule has 1 aromatic carbocycles. The molecular formula is C13H14F2N2. The second kappa shape index (κ2) is 4.65. The van der Waals surface area contributed by atoms with Gasteiger partial charge >= 0.3 is 0 Å². The second-order valence-electron chi connectivity index (χ2n) is 3.84. The maximum absolute atomic E-state index is 13.7. The Labute approximate surface area is 98.9 Å². The molecule has 1 heterocycles. The molecule has 0 aliphatic carbocycles. The summed E-state index contributed by atoms with van der Waals surface area (Å²) < 4.78 is 28.1. The number of rotatable bonds is 3. The number of nitrogens with zero attached hydrogens (tertiary/aromatic N) is 2. The van der Waals surface area contributed by atoms with E-state index < -0.39 is 11.6 Å². The fourth-order valence-electron chi connectivity index (χ4n) is 1.76. The van der Waals surface area contributed by atoms with E-state index in [2.05, 4.69) is 5.10 Å². The van der Waals surface area contributed by atoms with E-state index in [1.54, 1.807) is 4.68 Å². The number of hydrogen-bond donors (Lipinski definition) is 0. The van der Waals surface area contributed by atoms with Gasteiger partial charge in [0.2, 0.25) is 0 Å². The van der Waals surface area contributed by atoms with E-state index in [-0.39, 0.29) is 0 Å². The van der Waals surface area contributed by atoms with E-state index in [9.17, 15) is 8.78 Å². The summed E-state index contributed by atoms with van der Waals surface area (Å²) in [6.45, 7) is 3.97. The molecule has 0 N–H and O–H groups in total. The Kier molecular flexibility index (Phi) is 3.22. The largest absolute Gasteiger partial charge is 0.235 e. The maximum Gasteiger partial charge on any atom is 0.151 e. The highest BCUT2D eigenvalue weighted by Crippen LogP contribution is 2.18. The van der Waals surface area contributed by atoms with Crippen molar-refractivity contribution in [2.75, 3.05) is 0 Å². The molecule has 0 saturated carbocycles. The van der Waals surface area contributed by atoms with E-state index >= 15 is 0 Å². The van der Waals surface area contributed by atoms with Crippen LogP contribution in [0.25, 0.3) is 5.69 Å². The Balaban J connectivity index is 2.55. The van der Waals surface area contributed by atoms with Crippen molar-refractivity contribution < 1.29 is 8.78 Å². The lowest BCUT2D eigenvalue weighted by Gasteiger charge is -2.06. The number of aromatic nitrogens is 2. The topological polar surface area (TPSA) is 17.8 Å². The van der Waals surface area contributed by atoms with Crippen molar-refractivity contribution in [3.8, 4) is 5.69 Å². The van der Waals surface area contributed by atoms with Crippen LogP contribution in [0.4, 0.5) is 8.78 Å². The van der Waals surface area contributed by atoms with Crippen LogP contribution in [0.2, 0.25) is 0 Å². The SMILES string of the molecule is CCc1cc(CC)n(-c2ccc(F)cc2F)n1. The zero-order valence-corrected chi connectivity index (χ0v) is 9.87. The third-order valence-corrected chi connectivity index (χ3v) is 2.70. The van der Waals surface area contributed by atoms with Gasteiger partial charge in [0, 0.05) is 11.8 Å². The fourth-order valence-corrected chi connectivity index (χ4v) is 1.76. The number of aryl methyl sites for hydroxylation is 2. The summed E-state index contributed by atoms with van der Waals surface area (Å²) in [5, 5.41) is 4.31. The summed E-state index contributed by atoms with van der Waals surface area (Å²) in [4.78, 5) is 0. The lowest BCUT2D eigenvalue weighted by atomic mass is 10.2. The average Bonchev–Trinajstić information content (AvgIpc) is 2.72. The first-order chi connectivity index (χ1) is 8.15. The highest BCUT2D eigenvalue weighted by Gasteiger charge is 2.11. The number of hydrogen-bond acceptors (Lipinski definition) is 1. The average molecular weight is 236 g/mol. The zero-order valence-electron chi connectivity index (χ0n) is 9.87. The van der Waals surface area contributed by atoms with E-state index in [1.165, 1.54) is 12.1 Å². The minimum Gasteiger partial charge on any atom is -0.235 e. The van der Waals surface area contributed by atoms with Crippen LogP contribution in [-0.4, -0.2) is 9.78 Å². The Morgan fingerprint density at radius 1 is 1.12 bits per heavy atom. The van der Waals surface area contributed by atoms with Crippen LogP contribution in [0, 0.1) is 11.6 Å². The third kappa shape index (κ3) is 2.20. The Morgan fingerprint density at radius 3 is 2.47 bits per heavy atom. The summed E-state index contributed by atoms with van der Waals surface area (Å²) in [5.74, 6) is -1.17. The summed E-state index contributed by atoms with van der Waals surface area (Å²) in [5.41, 5.74) is 2.13. The normalized spacial score (nSPS) is 10.8. The lowest BCUT2D eigenvalue weighted by molar-refractivity contribution is 0.571. The third-order valence-electron chi connectivity index (χ3n) is 2.70.